The second-order valence-corrected chi connectivity index (χ2v) is 3.52. The van der Waals surface area contributed by atoms with E-state index in [-0.39, 0.29) is 5.91 Å². The summed E-state index contributed by atoms with van der Waals surface area (Å²) < 4.78 is 2.02. The molecule has 13 heavy (non-hydrogen) atoms. The summed E-state index contributed by atoms with van der Waals surface area (Å²) in [7, 11) is 0. The summed E-state index contributed by atoms with van der Waals surface area (Å²) in [5.74, 6) is -0.382. The maximum Gasteiger partial charge on any atom is 0.249 e. The van der Waals surface area contributed by atoms with Crippen LogP contribution >= 0.6 is 15.9 Å². The number of primary amides is 1. The van der Waals surface area contributed by atoms with Crippen molar-refractivity contribution < 1.29 is 9.36 Å². The molecule has 1 heterocycles. The van der Waals surface area contributed by atoms with Crippen molar-refractivity contribution >= 4 is 21.8 Å². The Morgan fingerprint density at radius 2 is 2.08 bits per heavy atom. The van der Waals surface area contributed by atoms with Crippen molar-refractivity contribution in [2.24, 2.45) is 5.73 Å². The highest BCUT2D eigenvalue weighted by Crippen LogP contribution is 1.93. The zero-order valence-corrected chi connectivity index (χ0v) is 8.83. The van der Waals surface area contributed by atoms with Gasteiger partial charge in [-0.25, -0.2) is 4.57 Å². The molecule has 0 saturated heterocycles. The molecular formula is C9H12BrN2O+. The number of hydrogen-bond donors (Lipinski definition) is 1. The molecule has 4 heteroatoms. The molecule has 0 aromatic carbocycles. The molecule has 1 amide bonds. The molecule has 0 aliphatic rings. The molecule has 0 saturated carbocycles. The monoisotopic (exact) mass is 243 g/mol. The van der Waals surface area contributed by atoms with Crippen LogP contribution in [0, 0.1) is 0 Å². The lowest BCUT2D eigenvalue weighted by Crippen LogP contribution is -2.33. The predicted molar refractivity (Wildman–Crippen MR) is 53.6 cm³/mol. The molecule has 0 aliphatic heterocycles. The Bertz CT molecular complexity index is 284. The fourth-order valence-corrected chi connectivity index (χ4v) is 1.26. The quantitative estimate of drug-likeness (QED) is 0.619. The van der Waals surface area contributed by atoms with Crippen LogP contribution in [-0.2, 0) is 6.54 Å². The topological polar surface area (TPSA) is 47.0 Å². The molecular weight excluding hydrogens is 232 g/mol. The van der Waals surface area contributed by atoms with Gasteiger partial charge in [0.25, 0.3) is 0 Å². The summed E-state index contributed by atoms with van der Waals surface area (Å²) in [6.07, 6.45) is 4.80. The first-order valence-corrected chi connectivity index (χ1v) is 5.21. The van der Waals surface area contributed by atoms with Crippen LogP contribution in [0.2, 0.25) is 0 Å². The van der Waals surface area contributed by atoms with Gasteiger partial charge in [-0.05, 0) is 0 Å². The highest BCUT2D eigenvalue weighted by Gasteiger charge is 2.03. The second kappa shape index (κ2) is 4.97. The van der Waals surface area contributed by atoms with Crippen molar-refractivity contribution in [2.75, 3.05) is 5.33 Å². The van der Waals surface area contributed by atoms with Crippen LogP contribution in [0.1, 0.15) is 16.8 Å². The molecule has 3 nitrogen and oxygen atoms in total. The summed E-state index contributed by atoms with van der Waals surface area (Å²) >= 11 is 3.36. The average Bonchev–Trinajstić information content (AvgIpc) is 2.15. The maximum absolute atomic E-state index is 10.7. The molecule has 0 unspecified atom stereocenters. The van der Waals surface area contributed by atoms with E-state index >= 15 is 0 Å². The fraction of sp³-hybridized carbons (Fsp3) is 0.333. The first-order valence-electron chi connectivity index (χ1n) is 4.09. The zero-order valence-electron chi connectivity index (χ0n) is 7.24. The Kier molecular flexibility index (Phi) is 3.89. The van der Waals surface area contributed by atoms with Crippen molar-refractivity contribution in [3.63, 3.8) is 0 Å². The van der Waals surface area contributed by atoms with Gasteiger partial charge in [0, 0.05) is 23.9 Å². The van der Waals surface area contributed by atoms with E-state index in [1.54, 1.807) is 12.1 Å². The normalized spacial score (nSPS) is 9.92. The number of pyridine rings is 1. The highest BCUT2D eigenvalue weighted by atomic mass is 79.9. The lowest BCUT2D eigenvalue weighted by atomic mass is 10.2. The van der Waals surface area contributed by atoms with Gasteiger partial charge >= 0.3 is 0 Å². The summed E-state index contributed by atoms with van der Waals surface area (Å²) in [5, 5.41) is 0.984. The van der Waals surface area contributed by atoms with E-state index in [4.69, 9.17) is 5.73 Å². The van der Waals surface area contributed by atoms with Gasteiger partial charge in [0.1, 0.15) is 6.54 Å². The first-order chi connectivity index (χ1) is 6.24. The Morgan fingerprint density at radius 3 is 2.54 bits per heavy atom. The third-order valence-electron chi connectivity index (χ3n) is 1.73. The number of nitrogens with two attached hydrogens (primary N) is 1. The maximum atomic E-state index is 10.7. The van der Waals surface area contributed by atoms with Crippen LogP contribution in [0.4, 0.5) is 0 Å². The molecule has 0 fully saturated rings. The summed E-state index contributed by atoms with van der Waals surface area (Å²) in [5.41, 5.74) is 5.66. The van der Waals surface area contributed by atoms with Crippen LogP contribution in [0.5, 0.6) is 0 Å². The number of halogens is 1. The van der Waals surface area contributed by atoms with Gasteiger partial charge in [0.05, 0.1) is 5.56 Å². The van der Waals surface area contributed by atoms with Crippen LogP contribution in [0.25, 0.3) is 0 Å². The van der Waals surface area contributed by atoms with E-state index in [9.17, 15) is 4.79 Å². The Morgan fingerprint density at radius 1 is 1.46 bits per heavy atom. The van der Waals surface area contributed by atoms with Crippen molar-refractivity contribution in [1.82, 2.24) is 0 Å². The van der Waals surface area contributed by atoms with Crippen LogP contribution < -0.4 is 10.3 Å². The van der Waals surface area contributed by atoms with Crippen molar-refractivity contribution in [3.05, 3.63) is 30.1 Å². The molecule has 2 N–H and O–H groups in total. The van der Waals surface area contributed by atoms with Gasteiger partial charge in [-0.15, -0.1) is 0 Å². The molecule has 0 spiro atoms. The standard InChI is InChI=1S/C9H11BrN2O/c10-4-1-5-12-6-2-8(3-7-12)9(11)13/h2-3,6-7H,1,4-5H2,(H-,11,13)/p+1. The number of aromatic nitrogens is 1. The van der Waals surface area contributed by atoms with Gasteiger partial charge in [-0.2, -0.15) is 0 Å². The summed E-state index contributed by atoms with van der Waals surface area (Å²) in [6.45, 7) is 0.949. The minimum absolute atomic E-state index is 0.382. The third-order valence-corrected chi connectivity index (χ3v) is 2.29. The SMILES string of the molecule is NC(=O)c1cc[n+](CCCBr)cc1. The number of carbonyl (C=O) groups excluding carboxylic acids is 1. The third kappa shape index (κ3) is 3.14. The van der Waals surface area contributed by atoms with E-state index < -0.39 is 0 Å². The average molecular weight is 244 g/mol. The molecule has 0 bridgehead atoms. The van der Waals surface area contributed by atoms with Gasteiger partial charge in [-0.3, -0.25) is 4.79 Å². The first kappa shape index (κ1) is 10.2. The second-order valence-electron chi connectivity index (χ2n) is 2.73. The largest absolute Gasteiger partial charge is 0.366 e. The van der Waals surface area contributed by atoms with Crippen molar-refractivity contribution in [3.8, 4) is 0 Å². The van der Waals surface area contributed by atoms with E-state index in [1.165, 1.54) is 0 Å². The molecule has 0 radical (unpaired) electrons. The van der Waals surface area contributed by atoms with E-state index in [1.807, 2.05) is 17.0 Å². The highest BCUT2D eigenvalue weighted by molar-refractivity contribution is 9.09. The van der Waals surface area contributed by atoms with Crippen molar-refractivity contribution in [2.45, 2.75) is 13.0 Å². The van der Waals surface area contributed by atoms with Crippen LogP contribution in [0.3, 0.4) is 0 Å². The zero-order chi connectivity index (χ0) is 9.68. The van der Waals surface area contributed by atoms with E-state index in [0.29, 0.717) is 5.56 Å². The summed E-state index contributed by atoms with van der Waals surface area (Å²) in [6, 6.07) is 3.47. The molecule has 1 rings (SSSR count). The summed E-state index contributed by atoms with van der Waals surface area (Å²) in [4.78, 5) is 10.7. The van der Waals surface area contributed by atoms with Gasteiger partial charge in [-0.1, -0.05) is 15.9 Å². The lowest BCUT2D eigenvalue weighted by molar-refractivity contribution is -0.696. The Labute approximate surface area is 85.7 Å². The fourth-order valence-electron chi connectivity index (χ4n) is 1.01. The molecule has 70 valence electrons. The molecule has 0 atom stereocenters. The predicted octanol–water partition coefficient (Wildman–Crippen LogP) is 0.858. The van der Waals surface area contributed by atoms with Crippen molar-refractivity contribution in [1.29, 1.82) is 0 Å². The number of alkyl halides is 1. The van der Waals surface area contributed by atoms with E-state index in [0.717, 1.165) is 18.3 Å². The number of hydrogen-bond acceptors (Lipinski definition) is 1. The molecule has 1 aromatic rings. The Hall–Kier alpha value is -0.900. The lowest BCUT2D eigenvalue weighted by Gasteiger charge is -1.95. The Balaban J connectivity index is 2.64. The van der Waals surface area contributed by atoms with Crippen LogP contribution in [-0.4, -0.2) is 11.2 Å². The minimum Gasteiger partial charge on any atom is -0.366 e. The number of aryl methyl sites for hydroxylation is 1. The molecule has 0 aliphatic carbocycles. The number of nitrogens with zero attached hydrogens (tertiary/aromatic N) is 1. The number of rotatable bonds is 4. The number of carbonyl (C=O) groups is 1. The van der Waals surface area contributed by atoms with Gasteiger partial charge in [0.2, 0.25) is 5.91 Å². The smallest absolute Gasteiger partial charge is 0.249 e. The number of amides is 1. The van der Waals surface area contributed by atoms with Gasteiger partial charge < -0.3 is 5.73 Å². The van der Waals surface area contributed by atoms with Crippen LogP contribution in [0.15, 0.2) is 24.5 Å². The molecule has 1 aromatic heterocycles. The van der Waals surface area contributed by atoms with E-state index in [2.05, 4.69) is 15.9 Å². The van der Waals surface area contributed by atoms with Gasteiger partial charge in [0.15, 0.2) is 12.4 Å². The minimum atomic E-state index is -0.382.